The Hall–Kier alpha value is -2.12. The topological polar surface area (TPSA) is 69.0 Å². The molecule has 3 aromatic rings. The third kappa shape index (κ3) is 3.21. The molecule has 0 saturated carbocycles. The Bertz CT molecular complexity index is 1090. The fourth-order valence-electron chi connectivity index (χ4n) is 3.00. The van der Waals surface area contributed by atoms with Crippen molar-refractivity contribution in [3.8, 4) is 5.69 Å². The fraction of sp³-hybridized carbons (Fsp3) is 0.222. The molecule has 25 heavy (non-hydrogen) atoms. The molecule has 0 radical (unpaired) electrons. The van der Waals surface area contributed by atoms with Gasteiger partial charge in [-0.25, -0.2) is 13.4 Å². The lowest BCUT2D eigenvalue weighted by molar-refractivity contribution is 0.602. The van der Waals surface area contributed by atoms with Crippen LogP contribution in [0, 0.1) is 0 Å². The van der Waals surface area contributed by atoms with Gasteiger partial charge in [-0.05, 0) is 30.7 Å². The standard InChI is InChI=1S/C18H16N2O3S2/c21-17-15-8-4-5-9-16(15)19-18(20(17)13-6-2-1-3-7-13)24-14-10-11-25(22,23)12-14/h1-9,14H,10-12H2. The summed E-state index contributed by atoms with van der Waals surface area (Å²) in [4.78, 5) is 17.7. The number of sulfone groups is 1. The maximum Gasteiger partial charge on any atom is 0.266 e. The van der Waals surface area contributed by atoms with Crippen molar-refractivity contribution in [1.82, 2.24) is 9.55 Å². The third-order valence-corrected chi connectivity index (χ3v) is 7.42. The number of thioether (sulfide) groups is 1. The quantitative estimate of drug-likeness (QED) is 0.661. The zero-order chi connectivity index (χ0) is 17.4. The van der Waals surface area contributed by atoms with Crippen molar-refractivity contribution in [2.45, 2.75) is 16.8 Å². The Morgan fingerprint density at radius 2 is 1.76 bits per heavy atom. The van der Waals surface area contributed by atoms with Crippen LogP contribution in [0.4, 0.5) is 0 Å². The molecule has 1 aliphatic heterocycles. The summed E-state index contributed by atoms with van der Waals surface area (Å²) in [6.45, 7) is 0. The van der Waals surface area contributed by atoms with E-state index >= 15 is 0 Å². The van der Waals surface area contributed by atoms with Crippen molar-refractivity contribution in [2.24, 2.45) is 0 Å². The van der Waals surface area contributed by atoms with E-state index in [2.05, 4.69) is 4.98 Å². The minimum atomic E-state index is -2.98. The van der Waals surface area contributed by atoms with E-state index in [0.717, 1.165) is 5.69 Å². The van der Waals surface area contributed by atoms with Crippen LogP contribution in [0.3, 0.4) is 0 Å². The van der Waals surface area contributed by atoms with Crippen LogP contribution < -0.4 is 5.56 Å². The number of hydrogen-bond acceptors (Lipinski definition) is 5. The molecule has 0 N–H and O–H groups in total. The Kier molecular flexibility index (Phi) is 4.13. The smallest absolute Gasteiger partial charge is 0.266 e. The molecular formula is C18H16N2O3S2. The van der Waals surface area contributed by atoms with Crippen molar-refractivity contribution in [2.75, 3.05) is 11.5 Å². The zero-order valence-corrected chi connectivity index (χ0v) is 15.0. The molecule has 1 saturated heterocycles. The highest BCUT2D eigenvalue weighted by molar-refractivity contribution is 8.01. The van der Waals surface area contributed by atoms with Crippen LogP contribution in [0.1, 0.15) is 6.42 Å². The molecule has 1 atom stereocenters. The molecule has 1 unspecified atom stereocenters. The first-order valence-corrected chi connectivity index (χ1v) is 10.7. The van der Waals surface area contributed by atoms with Crippen LogP contribution in [0.2, 0.25) is 0 Å². The van der Waals surface area contributed by atoms with Crippen molar-refractivity contribution >= 4 is 32.5 Å². The molecule has 0 aliphatic carbocycles. The third-order valence-electron chi connectivity index (χ3n) is 4.22. The van der Waals surface area contributed by atoms with Crippen molar-refractivity contribution in [3.63, 3.8) is 0 Å². The number of benzene rings is 2. The average molecular weight is 372 g/mol. The van der Waals surface area contributed by atoms with Gasteiger partial charge < -0.3 is 0 Å². The highest BCUT2D eigenvalue weighted by Gasteiger charge is 2.30. The summed E-state index contributed by atoms with van der Waals surface area (Å²) in [6, 6.07) is 16.6. The van der Waals surface area contributed by atoms with Gasteiger partial charge in [0, 0.05) is 5.25 Å². The second-order valence-electron chi connectivity index (χ2n) is 6.03. The van der Waals surface area contributed by atoms with E-state index in [1.54, 1.807) is 10.6 Å². The number of nitrogens with zero attached hydrogens (tertiary/aromatic N) is 2. The molecule has 4 rings (SSSR count). The molecule has 2 heterocycles. The predicted molar refractivity (Wildman–Crippen MR) is 100 cm³/mol. The summed E-state index contributed by atoms with van der Waals surface area (Å²) in [5, 5.41) is 1.01. The number of aromatic nitrogens is 2. The normalized spacial score (nSPS) is 19.3. The van der Waals surface area contributed by atoms with Gasteiger partial charge in [0.15, 0.2) is 15.0 Å². The number of hydrogen-bond donors (Lipinski definition) is 0. The lowest BCUT2D eigenvalue weighted by Gasteiger charge is -2.15. The van der Waals surface area contributed by atoms with E-state index in [-0.39, 0.29) is 22.3 Å². The summed E-state index contributed by atoms with van der Waals surface area (Å²) in [6.07, 6.45) is 0.588. The molecule has 1 fully saturated rings. The zero-order valence-electron chi connectivity index (χ0n) is 13.3. The minimum absolute atomic E-state index is 0.0759. The summed E-state index contributed by atoms with van der Waals surface area (Å²) in [7, 11) is -2.98. The molecule has 7 heteroatoms. The van der Waals surface area contributed by atoms with Gasteiger partial charge in [0.2, 0.25) is 0 Å². The van der Waals surface area contributed by atoms with E-state index in [1.807, 2.05) is 48.5 Å². The molecule has 128 valence electrons. The van der Waals surface area contributed by atoms with Gasteiger partial charge >= 0.3 is 0 Å². The fourth-order valence-corrected chi connectivity index (χ4v) is 6.56. The van der Waals surface area contributed by atoms with E-state index in [1.165, 1.54) is 11.8 Å². The second-order valence-corrected chi connectivity index (χ2v) is 9.53. The van der Waals surface area contributed by atoms with Gasteiger partial charge in [0.05, 0.1) is 28.1 Å². The van der Waals surface area contributed by atoms with Gasteiger partial charge in [-0.2, -0.15) is 0 Å². The van der Waals surface area contributed by atoms with Crippen LogP contribution in [0.5, 0.6) is 0 Å². The predicted octanol–water partition coefficient (Wildman–Crippen LogP) is 2.66. The van der Waals surface area contributed by atoms with Crippen LogP contribution in [-0.2, 0) is 9.84 Å². The van der Waals surface area contributed by atoms with Gasteiger partial charge in [0.1, 0.15) is 0 Å². The summed E-state index contributed by atoms with van der Waals surface area (Å²) in [5.41, 5.74) is 1.22. The Morgan fingerprint density at radius 3 is 2.48 bits per heavy atom. The average Bonchev–Trinajstić information content (AvgIpc) is 2.94. The van der Waals surface area contributed by atoms with Crippen LogP contribution in [0.25, 0.3) is 16.6 Å². The summed E-state index contributed by atoms with van der Waals surface area (Å²) in [5.74, 6) is 0.336. The van der Waals surface area contributed by atoms with Gasteiger partial charge in [0.25, 0.3) is 5.56 Å². The van der Waals surface area contributed by atoms with Gasteiger partial charge in [-0.3, -0.25) is 9.36 Å². The van der Waals surface area contributed by atoms with E-state index in [0.29, 0.717) is 22.5 Å². The van der Waals surface area contributed by atoms with Crippen molar-refractivity contribution < 1.29 is 8.42 Å². The monoisotopic (exact) mass is 372 g/mol. The van der Waals surface area contributed by atoms with Crippen LogP contribution >= 0.6 is 11.8 Å². The van der Waals surface area contributed by atoms with Crippen molar-refractivity contribution in [3.05, 3.63) is 65.0 Å². The lowest BCUT2D eigenvalue weighted by Crippen LogP contribution is -2.22. The number of fused-ring (bicyclic) bond motifs is 1. The first-order chi connectivity index (χ1) is 12.0. The van der Waals surface area contributed by atoms with Crippen LogP contribution in [0.15, 0.2) is 64.5 Å². The molecule has 0 bridgehead atoms. The molecule has 1 aromatic heterocycles. The van der Waals surface area contributed by atoms with Crippen LogP contribution in [-0.4, -0.2) is 34.7 Å². The Balaban J connectivity index is 1.88. The molecule has 2 aromatic carbocycles. The van der Waals surface area contributed by atoms with E-state index in [4.69, 9.17) is 0 Å². The summed E-state index contributed by atoms with van der Waals surface area (Å²) < 4.78 is 25.1. The first-order valence-electron chi connectivity index (χ1n) is 7.98. The van der Waals surface area contributed by atoms with Gasteiger partial charge in [-0.15, -0.1) is 0 Å². The SMILES string of the molecule is O=c1c2ccccc2nc(SC2CCS(=O)(=O)C2)n1-c1ccccc1. The molecular weight excluding hydrogens is 356 g/mol. The van der Waals surface area contributed by atoms with Crippen molar-refractivity contribution in [1.29, 1.82) is 0 Å². The molecule has 0 spiro atoms. The maximum absolute atomic E-state index is 13.0. The first kappa shape index (κ1) is 16.4. The highest BCUT2D eigenvalue weighted by Crippen LogP contribution is 2.31. The number of para-hydroxylation sites is 2. The second kappa shape index (κ2) is 6.31. The molecule has 0 amide bonds. The Labute approximate surface area is 149 Å². The lowest BCUT2D eigenvalue weighted by atomic mass is 10.2. The van der Waals surface area contributed by atoms with E-state index < -0.39 is 9.84 Å². The highest BCUT2D eigenvalue weighted by atomic mass is 32.2. The Morgan fingerprint density at radius 1 is 1.04 bits per heavy atom. The minimum Gasteiger partial charge on any atom is -0.268 e. The summed E-state index contributed by atoms with van der Waals surface area (Å²) >= 11 is 1.38. The number of rotatable bonds is 3. The molecule has 5 nitrogen and oxygen atoms in total. The molecule has 1 aliphatic rings. The largest absolute Gasteiger partial charge is 0.268 e. The van der Waals surface area contributed by atoms with Gasteiger partial charge in [-0.1, -0.05) is 42.1 Å². The van der Waals surface area contributed by atoms with E-state index in [9.17, 15) is 13.2 Å². The maximum atomic E-state index is 13.0.